The maximum atomic E-state index is 6.32. The van der Waals surface area contributed by atoms with Crippen molar-refractivity contribution in [3.05, 3.63) is 51.9 Å². The standard InChI is InChI=1S/C16H15BrClN3/c1-9-4-6-12(8-13(9)17)21-15(11(3)18)20-14-7-5-10(2)19-16(14)21/h4-8,11H,1-3H3. The highest BCUT2D eigenvalue weighted by molar-refractivity contribution is 9.10. The summed E-state index contributed by atoms with van der Waals surface area (Å²) in [6.07, 6.45) is 0. The van der Waals surface area contributed by atoms with Crippen molar-refractivity contribution in [2.75, 3.05) is 0 Å². The van der Waals surface area contributed by atoms with E-state index >= 15 is 0 Å². The fourth-order valence-electron chi connectivity index (χ4n) is 2.31. The number of pyridine rings is 1. The number of hydrogen-bond acceptors (Lipinski definition) is 2. The number of halogens is 2. The van der Waals surface area contributed by atoms with Crippen LogP contribution in [0, 0.1) is 13.8 Å². The SMILES string of the molecule is Cc1ccc2nc(C(C)Cl)n(-c3ccc(C)c(Br)c3)c2n1. The molecule has 0 amide bonds. The van der Waals surface area contributed by atoms with Crippen LogP contribution in [0.25, 0.3) is 16.9 Å². The van der Waals surface area contributed by atoms with Crippen LogP contribution in [0.3, 0.4) is 0 Å². The fraction of sp³-hybridized carbons (Fsp3) is 0.250. The largest absolute Gasteiger partial charge is 0.279 e. The second-order valence-electron chi connectivity index (χ2n) is 5.15. The molecule has 0 fully saturated rings. The Kier molecular flexibility index (Phi) is 3.76. The van der Waals surface area contributed by atoms with Crippen LogP contribution in [-0.2, 0) is 0 Å². The number of hydrogen-bond donors (Lipinski definition) is 0. The van der Waals surface area contributed by atoms with Crippen LogP contribution in [0.1, 0.15) is 29.4 Å². The first-order valence-electron chi connectivity index (χ1n) is 6.74. The lowest BCUT2D eigenvalue weighted by molar-refractivity contribution is 0.875. The van der Waals surface area contributed by atoms with Crippen LogP contribution in [0.15, 0.2) is 34.8 Å². The number of imidazole rings is 1. The van der Waals surface area contributed by atoms with Crippen molar-refractivity contribution in [2.24, 2.45) is 0 Å². The Bertz CT molecular complexity index is 824. The quantitative estimate of drug-likeness (QED) is 0.592. The highest BCUT2D eigenvalue weighted by Gasteiger charge is 2.17. The van der Waals surface area contributed by atoms with Gasteiger partial charge in [0, 0.05) is 10.2 Å². The molecule has 1 aromatic carbocycles. The van der Waals surface area contributed by atoms with Gasteiger partial charge in [0.2, 0.25) is 0 Å². The van der Waals surface area contributed by atoms with Crippen LogP contribution in [0.5, 0.6) is 0 Å². The normalized spacial score (nSPS) is 12.8. The summed E-state index contributed by atoms with van der Waals surface area (Å²) in [6.45, 7) is 5.97. The van der Waals surface area contributed by atoms with Crippen LogP contribution in [0.2, 0.25) is 0 Å². The first-order chi connectivity index (χ1) is 9.97. The van der Waals surface area contributed by atoms with Crippen LogP contribution in [0.4, 0.5) is 0 Å². The molecule has 0 spiro atoms. The van der Waals surface area contributed by atoms with E-state index in [0.29, 0.717) is 0 Å². The topological polar surface area (TPSA) is 30.7 Å². The minimum Gasteiger partial charge on any atom is -0.279 e. The van der Waals surface area contributed by atoms with Gasteiger partial charge in [-0.05, 0) is 50.6 Å². The van der Waals surface area contributed by atoms with E-state index in [1.54, 1.807) is 0 Å². The van der Waals surface area contributed by atoms with E-state index in [1.807, 2.05) is 30.5 Å². The number of benzene rings is 1. The minimum absolute atomic E-state index is 0.195. The molecule has 3 nitrogen and oxygen atoms in total. The third-order valence-electron chi connectivity index (χ3n) is 3.44. The summed E-state index contributed by atoms with van der Waals surface area (Å²) < 4.78 is 3.09. The molecule has 108 valence electrons. The van der Waals surface area contributed by atoms with Gasteiger partial charge in [0.1, 0.15) is 11.3 Å². The van der Waals surface area contributed by atoms with Gasteiger partial charge < -0.3 is 0 Å². The minimum atomic E-state index is -0.195. The smallest absolute Gasteiger partial charge is 0.164 e. The number of rotatable bonds is 2. The highest BCUT2D eigenvalue weighted by atomic mass is 79.9. The lowest BCUT2D eigenvalue weighted by atomic mass is 10.2. The molecule has 1 atom stereocenters. The second-order valence-corrected chi connectivity index (χ2v) is 6.66. The molecule has 0 aliphatic rings. The maximum absolute atomic E-state index is 6.32. The molecular formula is C16H15BrClN3. The molecule has 0 aliphatic heterocycles. The average Bonchev–Trinajstić information content (AvgIpc) is 2.80. The maximum Gasteiger partial charge on any atom is 0.164 e. The second kappa shape index (κ2) is 5.43. The predicted molar refractivity (Wildman–Crippen MR) is 90.3 cm³/mol. The molecule has 0 bridgehead atoms. The molecule has 2 heterocycles. The van der Waals surface area contributed by atoms with E-state index in [9.17, 15) is 0 Å². The Balaban J connectivity index is 2.35. The molecule has 0 saturated carbocycles. The molecule has 3 rings (SSSR count). The lowest BCUT2D eigenvalue weighted by Crippen LogP contribution is -2.03. The third-order valence-corrected chi connectivity index (χ3v) is 4.49. The molecule has 1 unspecified atom stereocenters. The average molecular weight is 365 g/mol. The zero-order valence-electron chi connectivity index (χ0n) is 12.1. The van der Waals surface area contributed by atoms with Crippen molar-refractivity contribution in [3.63, 3.8) is 0 Å². The van der Waals surface area contributed by atoms with E-state index in [2.05, 4.69) is 51.0 Å². The van der Waals surface area contributed by atoms with Gasteiger partial charge in [-0.1, -0.05) is 22.0 Å². The Morgan fingerprint density at radius 3 is 2.57 bits per heavy atom. The molecule has 5 heteroatoms. The molecule has 3 aromatic rings. The number of alkyl halides is 1. The van der Waals surface area contributed by atoms with Crippen LogP contribution < -0.4 is 0 Å². The van der Waals surface area contributed by atoms with E-state index in [-0.39, 0.29) is 5.38 Å². The zero-order valence-corrected chi connectivity index (χ0v) is 14.4. The first kappa shape index (κ1) is 14.5. The van der Waals surface area contributed by atoms with Crippen LogP contribution in [-0.4, -0.2) is 14.5 Å². The Labute approximate surface area is 137 Å². The number of fused-ring (bicyclic) bond motifs is 1. The van der Waals surface area contributed by atoms with Crippen molar-refractivity contribution in [1.29, 1.82) is 0 Å². The van der Waals surface area contributed by atoms with Crippen molar-refractivity contribution in [3.8, 4) is 5.69 Å². The Morgan fingerprint density at radius 2 is 1.90 bits per heavy atom. The van der Waals surface area contributed by atoms with Gasteiger partial charge >= 0.3 is 0 Å². The highest BCUT2D eigenvalue weighted by Crippen LogP contribution is 2.29. The molecule has 0 N–H and O–H groups in total. The summed E-state index contributed by atoms with van der Waals surface area (Å²) in [5.74, 6) is 0.806. The van der Waals surface area contributed by atoms with E-state index in [0.717, 1.165) is 32.8 Å². The van der Waals surface area contributed by atoms with E-state index in [1.165, 1.54) is 5.56 Å². The zero-order chi connectivity index (χ0) is 15.1. The van der Waals surface area contributed by atoms with Gasteiger partial charge in [0.15, 0.2) is 5.65 Å². The van der Waals surface area contributed by atoms with E-state index < -0.39 is 0 Å². The molecular weight excluding hydrogens is 350 g/mol. The van der Waals surface area contributed by atoms with Crippen molar-refractivity contribution in [1.82, 2.24) is 14.5 Å². The molecule has 0 radical (unpaired) electrons. The summed E-state index contributed by atoms with van der Waals surface area (Å²) in [6, 6.07) is 10.2. The van der Waals surface area contributed by atoms with Gasteiger partial charge in [0.25, 0.3) is 0 Å². The molecule has 21 heavy (non-hydrogen) atoms. The Hall–Kier alpha value is -1.39. The summed E-state index contributed by atoms with van der Waals surface area (Å²) in [4.78, 5) is 9.27. The van der Waals surface area contributed by atoms with Gasteiger partial charge in [-0.2, -0.15) is 0 Å². The number of aryl methyl sites for hydroxylation is 2. The summed E-state index contributed by atoms with van der Waals surface area (Å²) in [5, 5.41) is -0.195. The molecule has 0 aliphatic carbocycles. The van der Waals surface area contributed by atoms with Crippen LogP contribution >= 0.6 is 27.5 Å². The van der Waals surface area contributed by atoms with Crippen molar-refractivity contribution >= 4 is 38.7 Å². The fourth-order valence-corrected chi connectivity index (χ4v) is 2.82. The molecule has 2 aromatic heterocycles. The summed E-state index contributed by atoms with van der Waals surface area (Å²) in [5.41, 5.74) is 4.86. The summed E-state index contributed by atoms with van der Waals surface area (Å²) >= 11 is 9.90. The van der Waals surface area contributed by atoms with E-state index in [4.69, 9.17) is 11.6 Å². The summed E-state index contributed by atoms with van der Waals surface area (Å²) in [7, 11) is 0. The van der Waals surface area contributed by atoms with Crippen molar-refractivity contribution in [2.45, 2.75) is 26.1 Å². The van der Waals surface area contributed by atoms with Gasteiger partial charge in [-0.15, -0.1) is 11.6 Å². The van der Waals surface area contributed by atoms with Gasteiger partial charge in [0.05, 0.1) is 11.1 Å². The lowest BCUT2D eigenvalue weighted by Gasteiger charge is -2.11. The monoisotopic (exact) mass is 363 g/mol. The van der Waals surface area contributed by atoms with Gasteiger partial charge in [-0.25, -0.2) is 9.97 Å². The van der Waals surface area contributed by atoms with Crippen molar-refractivity contribution < 1.29 is 0 Å². The number of nitrogens with zero attached hydrogens (tertiary/aromatic N) is 3. The van der Waals surface area contributed by atoms with Gasteiger partial charge in [-0.3, -0.25) is 4.57 Å². The molecule has 0 saturated heterocycles. The number of aromatic nitrogens is 3. The first-order valence-corrected chi connectivity index (χ1v) is 7.97. The third kappa shape index (κ3) is 2.58. The Morgan fingerprint density at radius 1 is 1.14 bits per heavy atom. The predicted octanol–water partition coefficient (Wildman–Crippen LogP) is 5.10.